The van der Waals surface area contributed by atoms with Crippen LogP contribution in [0.1, 0.15) is 18.4 Å². The summed E-state index contributed by atoms with van der Waals surface area (Å²) >= 11 is 0. The van der Waals surface area contributed by atoms with Gasteiger partial charge in [0.15, 0.2) is 0 Å². The molecule has 98 valence electrons. The van der Waals surface area contributed by atoms with Crippen molar-refractivity contribution in [2.45, 2.75) is 12.8 Å². The molecule has 1 aromatic rings. The number of hydrogen-bond donors (Lipinski definition) is 2. The molecule has 2 rings (SSSR count). The molecule has 1 saturated heterocycles. The molecule has 0 radical (unpaired) electrons. The summed E-state index contributed by atoms with van der Waals surface area (Å²) in [5.74, 6) is 0. The van der Waals surface area contributed by atoms with Crippen LogP contribution in [0.4, 0.5) is 5.69 Å². The molecular weight excluding hydrogens is 226 g/mol. The lowest BCUT2D eigenvalue weighted by Gasteiger charge is -2.18. The molecule has 1 aliphatic rings. The van der Waals surface area contributed by atoms with Crippen molar-refractivity contribution in [2.24, 2.45) is 5.73 Å². The monoisotopic (exact) mass is 247 g/mol. The molecule has 0 bridgehead atoms. The molecule has 0 spiro atoms. The van der Waals surface area contributed by atoms with Gasteiger partial charge in [0, 0.05) is 31.4 Å². The van der Waals surface area contributed by atoms with Crippen molar-refractivity contribution in [2.75, 3.05) is 31.8 Å². The average Bonchev–Trinajstić information content (AvgIpc) is 2.94. The highest BCUT2D eigenvalue weighted by Gasteiger charge is 2.12. The van der Waals surface area contributed by atoms with Gasteiger partial charge in [-0.3, -0.25) is 5.73 Å². The molecule has 0 aliphatic carbocycles. The zero-order valence-electron chi connectivity index (χ0n) is 10.9. The van der Waals surface area contributed by atoms with Gasteiger partial charge < -0.3 is 15.0 Å². The van der Waals surface area contributed by atoms with Gasteiger partial charge in [0.2, 0.25) is 0 Å². The Hall–Kier alpha value is -1.68. The summed E-state index contributed by atoms with van der Waals surface area (Å²) in [6, 6.07) is 8.54. The van der Waals surface area contributed by atoms with Crippen molar-refractivity contribution in [3.8, 4) is 0 Å². The maximum Gasteiger partial charge on any atom is 0.136 e. The quantitative estimate of drug-likeness (QED) is 0.614. The third-order valence-electron chi connectivity index (χ3n) is 3.22. The van der Waals surface area contributed by atoms with Crippen molar-refractivity contribution in [3.05, 3.63) is 36.1 Å². The Morgan fingerprint density at radius 2 is 2.00 bits per heavy atom. The second-order valence-corrected chi connectivity index (χ2v) is 4.36. The lowest BCUT2D eigenvalue weighted by atomic mass is 10.1. The molecule has 1 aliphatic heterocycles. The number of hydrogen-bond acceptors (Lipinski definition) is 4. The van der Waals surface area contributed by atoms with E-state index in [1.165, 1.54) is 31.6 Å². The van der Waals surface area contributed by atoms with Gasteiger partial charge in [-0.15, -0.1) is 0 Å². The van der Waals surface area contributed by atoms with Crippen LogP contribution in [-0.2, 0) is 4.74 Å². The molecular formula is C14H21N3O. The van der Waals surface area contributed by atoms with Gasteiger partial charge in [0.1, 0.15) is 13.0 Å². The smallest absolute Gasteiger partial charge is 0.136 e. The summed E-state index contributed by atoms with van der Waals surface area (Å²) in [6.07, 6.45) is 4.26. The van der Waals surface area contributed by atoms with E-state index in [-0.39, 0.29) is 6.73 Å². The van der Waals surface area contributed by atoms with Crippen LogP contribution in [0.5, 0.6) is 0 Å². The van der Waals surface area contributed by atoms with Crippen LogP contribution in [0.15, 0.2) is 30.5 Å². The first-order chi connectivity index (χ1) is 8.85. The number of anilines is 1. The van der Waals surface area contributed by atoms with E-state index in [9.17, 15) is 0 Å². The van der Waals surface area contributed by atoms with E-state index < -0.39 is 0 Å². The number of benzene rings is 1. The van der Waals surface area contributed by atoms with Crippen LogP contribution >= 0.6 is 0 Å². The zero-order chi connectivity index (χ0) is 12.8. The Morgan fingerprint density at radius 1 is 1.33 bits per heavy atom. The van der Waals surface area contributed by atoms with Gasteiger partial charge in [-0.2, -0.15) is 0 Å². The van der Waals surface area contributed by atoms with Crippen LogP contribution in [0.2, 0.25) is 0 Å². The Balaban J connectivity index is 2.10. The molecule has 1 heterocycles. The lowest BCUT2D eigenvalue weighted by Crippen LogP contribution is -2.17. The molecule has 4 nitrogen and oxygen atoms in total. The Bertz CT molecular complexity index is 394. The highest BCUT2D eigenvalue weighted by atomic mass is 16.5. The largest absolute Gasteiger partial charge is 0.484 e. The predicted octanol–water partition coefficient (Wildman–Crippen LogP) is 1.74. The molecule has 1 fully saturated rings. The molecule has 0 atom stereocenters. The van der Waals surface area contributed by atoms with Gasteiger partial charge >= 0.3 is 0 Å². The minimum atomic E-state index is 0.192. The van der Waals surface area contributed by atoms with Crippen LogP contribution in [0.3, 0.4) is 0 Å². The molecule has 0 aromatic heterocycles. The fourth-order valence-corrected chi connectivity index (χ4v) is 2.23. The van der Waals surface area contributed by atoms with E-state index in [2.05, 4.69) is 34.5 Å². The first-order valence-corrected chi connectivity index (χ1v) is 6.40. The van der Waals surface area contributed by atoms with E-state index in [1.54, 1.807) is 6.26 Å². The lowest BCUT2D eigenvalue weighted by molar-refractivity contribution is 0.260. The summed E-state index contributed by atoms with van der Waals surface area (Å²) in [7, 11) is 1.88. The van der Waals surface area contributed by atoms with Gasteiger partial charge in [-0.05, 0) is 25.0 Å². The van der Waals surface area contributed by atoms with Gasteiger partial charge in [0.05, 0.1) is 5.70 Å². The highest BCUT2D eigenvalue weighted by Crippen LogP contribution is 2.22. The number of nitrogens with zero attached hydrogens (tertiary/aromatic N) is 1. The van der Waals surface area contributed by atoms with E-state index in [1.807, 2.05) is 7.05 Å². The summed E-state index contributed by atoms with van der Waals surface area (Å²) < 4.78 is 5.11. The summed E-state index contributed by atoms with van der Waals surface area (Å²) in [5, 5.41) is 3.11. The van der Waals surface area contributed by atoms with E-state index >= 15 is 0 Å². The van der Waals surface area contributed by atoms with Crippen molar-refractivity contribution in [1.29, 1.82) is 0 Å². The second kappa shape index (κ2) is 6.31. The fourth-order valence-electron chi connectivity index (χ4n) is 2.23. The number of ether oxygens (including phenoxy) is 1. The van der Waals surface area contributed by atoms with Crippen molar-refractivity contribution in [1.82, 2.24) is 5.32 Å². The number of nitrogens with one attached hydrogen (secondary N) is 1. The summed E-state index contributed by atoms with van der Waals surface area (Å²) in [5.41, 5.74) is 8.66. The minimum absolute atomic E-state index is 0.192. The predicted molar refractivity (Wildman–Crippen MR) is 75.1 cm³/mol. The van der Waals surface area contributed by atoms with E-state index in [4.69, 9.17) is 10.5 Å². The molecule has 3 N–H and O–H groups in total. The van der Waals surface area contributed by atoms with Crippen molar-refractivity contribution < 1.29 is 4.74 Å². The average molecular weight is 247 g/mol. The zero-order valence-corrected chi connectivity index (χ0v) is 10.9. The molecule has 0 saturated carbocycles. The molecule has 1 aromatic carbocycles. The Morgan fingerprint density at radius 3 is 2.56 bits per heavy atom. The van der Waals surface area contributed by atoms with E-state index in [0.29, 0.717) is 0 Å². The topological polar surface area (TPSA) is 50.5 Å². The molecule has 4 heteroatoms. The van der Waals surface area contributed by atoms with E-state index in [0.717, 1.165) is 11.3 Å². The maximum atomic E-state index is 5.32. The third-order valence-corrected chi connectivity index (χ3v) is 3.22. The third kappa shape index (κ3) is 2.96. The van der Waals surface area contributed by atoms with Crippen molar-refractivity contribution >= 4 is 11.4 Å². The number of nitrogens with two attached hydrogens (primary N) is 1. The first-order valence-electron chi connectivity index (χ1n) is 6.40. The Labute approximate surface area is 108 Å². The van der Waals surface area contributed by atoms with Crippen molar-refractivity contribution in [3.63, 3.8) is 0 Å². The highest BCUT2D eigenvalue weighted by molar-refractivity contribution is 5.65. The summed E-state index contributed by atoms with van der Waals surface area (Å²) in [6.45, 7) is 2.53. The number of rotatable bonds is 5. The fraction of sp³-hybridized carbons (Fsp3) is 0.429. The molecule has 0 amide bonds. The van der Waals surface area contributed by atoms with Crippen LogP contribution in [-0.4, -0.2) is 26.9 Å². The Kier molecular flexibility index (Phi) is 4.47. The molecule has 0 unspecified atom stereocenters. The van der Waals surface area contributed by atoms with Gasteiger partial charge in [0.25, 0.3) is 0 Å². The van der Waals surface area contributed by atoms with Gasteiger partial charge in [-0.1, -0.05) is 12.1 Å². The molecule has 18 heavy (non-hydrogen) atoms. The van der Waals surface area contributed by atoms with Crippen LogP contribution < -0.4 is 16.0 Å². The van der Waals surface area contributed by atoms with Crippen LogP contribution in [0, 0.1) is 0 Å². The minimum Gasteiger partial charge on any atom is -0.484 e. The normalized spacial score (nSPS) is 15.9. The standard InChI is InChI=1S/C14H21N3O/c1-16-14(10-18-11-15)12-4-6-13(7-5-12)17-8-2-3-9-17/h4-7,10,16H,2-3,8-9,11,15H2,1H3/b14-10-. The first kappa shape index (κ1) is 12.8. The second-order valence-electron chi connectivity index (χ2n) is 4.36. The van der Waals surface area contributed by atoms with Crippen LogP contribution in [0.25, 0.3) is 5.70 Å². The summed E-state index contributed by atoms with van der Waals surface area (Å²) in [4.78, 5) is 2.42. The van der Waals surface area contributed by atoms with Gasteiger partial charge in [-0.25, -0.2) is 0 Å². The maximum absolute atomic E-state index is 5.32. The SMILES string of the molecule is CN/C(=C\OCN)c1ccc(N2CCCC2)cc1.